The molecule has 2 heteroatoms. The van der Waals surface area contributed by atoms with Crippen LogP contribution in [0.3, 0.4) is 0 Å². The first-order valence-corrected chi connectivity index (χ1v) is 6.85. The highest BCUT2D eigenvalue weighted by Crippen LogP contribution is 1.95. The van der Waals surface area contributed by atoms with E-state index < -0.39 is 0 Å². The molecular formula is C14H34O2. The van der Waals surface area contributed by atoms with E-state index in [1.807, 2.05) is 0 Å². The molecule has 0 aliphatic heterocycles. The van der Waals surface area contributed by atoms with Crippen molar-refractivity contribution < 1.29 is 10.2 Å². The zero-order valence-electron chi connectivity index (χ0n) is 12.1. The lowest BCUT2D eigenvalue weighted by molar-refractivity contribution is 0.216. The van der Waals surface area contributed by atoms with E-state index in [0.29, 0.717) is 6.61 Å². The van der Waals surface area contributed by atoms with E-state index in [-0.39, 0.29) is 6.10 Å². The Labute approximate surface area is 103 Å². The quantitative estimate of drug-likeness (QED) is 0.678. The van der Waals surface area contributed by atoms with Crippen LogP contribution in [0.25, 0.3) is 0 Å². The lowest BCUT2D eigenvalue weighted by Gasteiger charge is -1.86. The molecule has 0 saturated carbocycles. The molecule has 102 valence electrons. The number of rotatable bonds is 6. The monoisotopic (exact) mass is 234 g/mol. The third kappa shape index (κ3) is 66.3. The van der Waals surface area contributed by atoms with Crippen molar-refractivity contribution in [3.8, 4) is 0 Å². The van der Waals surface area contributed by atoms with Gasteiger partial charge in [-0.3, -0.25) is 0 Å². The maximum atomic E-state index is 8.20. The molecule has 0 unspecified atom stereocenters. The van der Waals surface area contributed by atoms with E-state index in [9.17, 15) is 0 Å². The van der Waals surface area contributed by atoms with E-state index in [4.69, 9.17) is 10.2 Å². The van der Waals surface area contributed by atoms with Gasteiger partial charge in [-0.05, 0) is 20.3 Å². The number of aliphatic hydroxyl groups is 2. The number of hydrogen-bond acceptors (Lipinski definition) is 2. The van der Waals surface area contributed by atoms with Crippen molar-refractivity contribution in [1.82, 2.24) is 0 Å². The Hall–Kier alpha value is -0.0800. The maximum absolute atomic E-state index is 8.20. The van der Waals surface area contributed by atoms with Crippen molar-refractivity contribution in [2.75, 3.05) is 6.61 Å². The zero-order chi connectivity index (χ0) is 13.2. The van der Waals surface area contributed by atoms with E-state index in [0.717, 1.165) is 12.8 Å². The Morgan fingerprint density at radius 1 is 0.750 bits per heavy atom. The molecule has 0 aliphatic carbocycles. The average molecular weight is 234 g/mol. The Balaban J connectivity index is -0.000000162. The minimum Gasteiger partial charge on any atom is -0.396 e. The largest absolute Gasteiger partial charge is 0.396 e. The van der Waals surface area contributed by atoms with Gasteiger partial charge in [0.2, 0.25) is 0 Å². The Morgan fingerprint density at radius 2 is 1.00 bits per heavy atom. The van der Waals surface area contributed by atoms with Gasteiger partial charge in [-0.2, -0.15) is 0 Å². The van der Waals surface area contributed by atoms with Gasteiger partial charge in [0.05, 0.1) is 0 Å². The molecule has 0 aliphatic rings. The third-order valence-corrected chi connectivity index (χ3v) is 1.72. The first-order valence-electron chi connectivity index (χ1n) is 6.85. The topological polar surface area (TPSA) is 40.5 Å². The molecule has 0 fully saturated rings. The summed E-state index contributed by atoms with van der Waals surface area (Å²) in [4.78, 5) is 0. The first kappa shape index (κ1) is 21.2. The van der Waals surface area contributed by atoms with Crippen LogP contribution in [0.15, 0.2) is 0 Å². The van der Waals surface area contributed by atoms with Crippen LogP contribution in [0.5, 0.6) is 0 Å². The maximum Gasteiger partial charge on any atom is 0.0483 e. The van der Waals surface area contributed by atoms with Crippen LogP contribution in [0.4, 0.5) is 0 Å². The minimum absolute atomic E-state index is 0.167. The average Bonchev–Trinajstić information content (AvgIpc) is 2.23. The SMILES string of the molecule is CC(C)O.CCCCCC.CCCCCO. The van der Waals surface area contributed by atoms with Crippen LogP contribution < -0.4 is 0 Å². The van der Waals surface area contributed by atoms with Crippen LogP contribution in [-0.2, 0) is 0 Å². The highest BCUT2D eigenvalue weighted by Gasteiger charge is 1.76. The molecule has 0 amide bonds. The second-order valence-electron chi connectivity index (χ2n) is 4.23. The Morgan fingerprint density at radius 3 is 1.12 bits per heavy atom. The first-order chi connectivity index (χ1) is 7.56. The van der Waals surface area contributed by atoms with Gasteiger partial charge in [-0.15, -0.1) is 0 Å². The molecule has 2 N–H and O–H groups in total. The van der Waals surface area contributed by atoms with Crippen LogP contribution in [0.1, 0.15) is 79.6 Å². The lowest BCUT2D eigenvalue weighted by Crippen LogP contribution is -1.85. The second kappa shape index (κ2) is 24.2. The number of unbranched alkanes of at least 4 members (excludes halogenated alkanes) is 5. The van der Waals surface area contributed by atoms with E-state index in [1.165, 1.54) is 32.1 Å². The van der Waals surface area contributed by atoms with Crippen LogP contribution >= 0.6 is 0 Å². The molecule has 0 radical (unpaired) electrons. The van der Waals surface area contributed by atoms with E-state index in [1.54, 1.807) is 13.8 Å². The summed E-state index contributed by atoms with van der Waals surface area (Å²) in [7, 11) is 0. The van der Waals surface area contributed by atoms with Gasteiger partial charge < -0.3 is 10.2 Å². The van der Waals surface area contributed by atoms with Gasteiger partial charge in [-0.1, -0.05) is 59.3 Å². The summed E-state index contributed by atoms with van der Waals surface area (Å²) in [6.07, 6.45) is 8.70. The molecule has 0 aromatic heterocycles. The highest BCUT2D eigenvalue weighted by atomic mass is 16.3. The molecule has 0 bridgehead atoms. The fraction of sp³-hybridized carbons (Fsp3) is 1.00. The third-order valence-electron chi connectivity index (χ3n) is 1.72. The molecule has 0 heterocycles. The summed E-state index contributed by atoms with van der Waals surface area (Å²) >= 11 is 0. The molecular weight excluding hydrogens is 200 g/mol. The van der Waals surface area contributed by atoms with Crippen LogP contribution in [0, 0.1) is 0 Å². The Bertz CT molecular complexity index is 64.0. The van der Waals surface area contributed by atoms with Crippen molar-refractivity contribution in [1.29, 1.82) is 0 Å². The van der Waals surface area contributed by atoms with E-state index >= 15 is 0 Å². The Kier molecular flexibility index (Phi) is 32.2. The summed E-state index contributed by atoms with van der Waals surface area (Å²) in [6, 6.07) is 0. The summed E-state index contributed by atoms with van der Waals surface area (Å²) < 4.78 is 0. The van der Waals surface area contributed by atoms with E-state index in [2.05, 4.69) is 20.8 Å². The van der Waals surface area contributed by atoms with Gasteiger partial charge in [-0.25, -0.2) is 0 Å². The van der Waals surface area contributed by atoms with Crippen molar-refractivity contribution in [3.05, 3.63) is 0 Å². The fourth-order valence-corrected chi connectivity index (χ4v) is 0.862. The van der Waals surface area contributed by atoms with Crippen LogP contribution in [0.2, 0.25) is 0 Å². The molecule has 0 rings (SSSR count). The predicted octanol–water partition coefficient (Wildman–Crippen LogP) is 4.14. The molecule has 0 spiro atoms. The van der Waals surface area contributed by atoms with Gasteiger partial charge in [0.25, 0.3) is 0 Å². The van der Waals surface area contributed by atoms with Gasteiger partial charge in [0.15, 0.2) is 0 Å². The summed E-state index contributed by atoms with van der Waals surface area (Å²) in [5.74, 6) is 0. The number of hydrogen-bond donors (Lipinski definition) is 2. The molecule has 0 aromatic rings. The summed E-state index contributed by atoms with van der Waals surface area (Å²) in [5, 5.41) is 16.3. The summed E-state index contributed by atoms with van der Waals surface area (Å²) in [5.41, 5.74) is 0. The van der Waals surface area contributed by atoms with Gasteiger partial charge in [0, 0.05) is 12.7 Å². The fourth-order valence-electron chi connectivity index (χ4n) is 0.862. The van der Waals surface area contributed by atoms with Crippen molar-refractivity contribution >= 4 is 0 Å². The van der Waals surface area contributed by atoms with Crippen molar-refractivity contribution in [2.45, 2.75) is 85.7 Å². The predicted molar refractivity (Wildman–Crippen MR) is 73.8 cm³/mol. The molecule has 0 aromatic carbocycles. The lowest BCUT2D eigenvalue weighted by atomic mass is 10.2. The summed E-state index contributed by atoms with van der Waals surface area (Å²) in [6.45, 7) is 10.4. The number of aliphatic hydroxyl groups excluding tert-OH is 2. The van der Waals surface area contributed by atoms with Crippen LogP contribution in [-0.4, -0.2) is 22.9 Å². The van der Waals surface area contributed by atoms with Gasteiger partial charge >= 0.3 is 0 Å². The highest BCUT2D eigenvalue weighted by molar-refractivity contribution is 4.31. The van der Waals surface area contributed by atoms with Crippen molar-refractivity contribution in [2.24, 2.45) is 0 Å². The minimum atomic E-state index is -0.167. The molecule has 0 saturated heterocycles. The standard InChI is InChI=1S/C6H14.C5H12O.C3H8O/c1-3-5-6-4-2;1-2-3-4-5-6;1-3(2)4/h3-6H2,1-2H3;6H,2-5H2,1H3;3-4H,1-2H3. The molecule has 0 atom stereocenters. The van der Waals surface area contributed by atoms with Crippen molar-refractivity contribution in [3.63, 3.8) is 0 Å². The zero-order valence-corrected chi connectivity index (χ0v) is 12.1. The smallest absolute Gasteiger partial charge is 0.0483 e. The van der Waals surface area contributed by atoms with Gasteiger partial charge in [0.1, 0.15) is 0 Å². The normalized spacial score (nSPS) is 9.00. The molecule has 2 nitrogen and oxygen atoms in total. The molecule has 16 heavy (non-hydrogen) atoms. The second-order valence-corrected chi connectivity index (χ2v) is 4.23.